The molecule has 2 heterocycles. The van der Waals surface area contributed by atoms with Crippen LogP contribution in [0, 0.1) is 0 Å². The van der Waals surface area contributed by atoms with Crippen LogP contribution >= 0.6 is 11.8 Å². The lowest BCUT2D eigenvalue weighted by Crippen LogP contribution is -2.30. The highest BCUT2D eigenvalue weighted by atomic mass is 32.2. The minimum absolute atomic E-state index is 0.0387. The van der Waals surface area contributed by atoms with Gasteiger partial charge in [0.05, 0.1) is 14.2 Å². The van der Waals surface area contributed by atoms with Crippen molar-refractivity contribution in [3.8, 4) is 23.0 Å². The van der Waals surface area contributed by atoms with Gasteiger partial charge in [0, 0.05) is 23.4 Å². The van der Waals surface area contributed by atoms with Crippen LogP contribution in [-0.4, -0.2) is 44.1 Å². The van der Waals surface area contributed by atoms with E-state index in [1.54, 1.807) is 44.2 Å². The van der Waals surface area contributed by atoms with Gasteiger partial charge in [-0.05, 0) is 36.4 Å². The van der Waals surface area contributed by atoms with E-state index >= 15 is 0 Å². The number of benzene rings is 2. The van der Waals surface area contributed by atoms with E-state index in [0.29, 0.717) is 23.6 Å². The van der Waals surface area contributed by atoms with Gasteiger partial charge in [0.25, 0.3) is 5.91 Å². The molecule has 6 nitrogen and oxygen atoms in total. The van der Waals surface area contributed by atoms with Crippen molar-refractivity contribution in [2.24, 2.45) is 0 Å². The molecule has 1 saturated heterocycles. The molecule has 2 aromatic carbocycles. The molecular weight excluding hydrogens is 354 g/mol. The van der Waals surface area contributed by atoms with Gasteiger partial charge in [-0.2, -0.15) is 0 Å². The van der Waals surface area contributed by atoms with Crippen LogP contribution in [0.5, 0.6) is 23.0 Å². The third-order valence-corrected chi connectivity index (χ3v) is 5.72. The van der Waals surface area contributed by atoms with Crippen LogP contribution in [0.4, 0.5) is 0 Å². The van der Waals surface area contributed by atoms with Gasteiger partial charge in [-0.1, -0.05) is 0 Å². The normalized spacial score (nSPS) is 18.1. The van der Waals surface area contributed by atoms with Crippen molar-refractivity contribution in [2.75, 3.05) is 33.3 Å². The second kappa shape index (κ2) is 6.99. The highest BCUT2D eigenvalue weighted by Gasteiger charge is 2.34. The van der Waals surface area contributed by atoms with Gasteiger partial charge in [-0.25, -0.2) is 0 Å². The Labute approximate surface area is 156 Å². The van der Waals surface area contributed by atoms with E-state index in [2.05, 4.69) is 0 Å². The fourth-order valence-corrected chi connectivity index (χ4v) is 4.43. The van der Waals surface area contributed by atoms with Crippen molar-refractivity contribution in [1.82, 2.24) is 4.90 Å². The molecule has 1 fully saturated rings. The zero-order chi connectivity index (χ0) is 18.1. The molecule has 0 N–H and O–H groups in total. The maximum absolute atomic E-state index is 13.1. The first-order valence-corrected chi connectivity index (χ1v) is 9.30. The summed E-state index contributed by atoms with van der Waals surface area (Å²) in [5.74, 6) is 3.59. The number of hydrogen-bond acceptors (Lipinski definition) is 6. The Balaban J connectivity index is 1.65. The summed E-state index contributed by atoms with van der Waals surface area (Å²) in [6.07, 6.45) is 0. The molecule has 2 aliphatic rings. The van der Waals surface area contributed by atoms with Crippen molar-refractivity contribution in [2.45, 2.75) is 5.37 Å². The van der Waals surface area contributed by atoms with E-state index in [1.807, 2.05) is 23.1 Å². The number of ether oxygens (including phenoxy) is 4. The second-order valence-electron chi connectivity index (χ2n) is 5.90. The molecule has 0 saturated carbocycles. The minimum Gasteiger partial charge on any atom is -0.497 e. The Morgan fingerprint density at radius 1 is 1.12 bits per heavy atom. The summed E-state index contributed by atoms with van der Waals surface area (Å²) in [4.78, 5) is 15.0. The number of methoxy groups -OCH3 is 2. The van der Waals surface area contributed by atoms with Gasteiger partial charge in [0.2, 0.25) is 6.79 Å². The smallest absolute Gasteiger partial charge is 0.255 e. The predicted octanol–water partition coefficient (Wildman–Crippen LogP) is 3.32. The van der Waals surface area contributed by atoms with Crippen LogP contribution in [0.3, 0.4) is 0 Å². The zero-order valence-corrected chi connectivity index (χ0v) is 15.4. The van der Waals surface area contributed by atoms with Crippen LogP contribution < -0.4 is 18.9 Å². The molecule has 1 amide bonds. The zero-order valence-electron chi connectivity index (χ0n) is 14.6. The summed E-state index contributed by atoms with van der Waals surface area (Å²) < 4.78 is 21.6. The third kappa shape index (κ3) is 2.92. The summed E-state index contributed by atoms with van der Waals surface area (Å²) in [5, 5.41) is -0.127. The summed E-state index contributed by atoms with van der Waals surface area (Å²) >= 11 is 1.71. The lowest BCUT2D eigenvalue weighted by Gasteiger charge is -2.26. The molecule has 2 aliphatic heterocycles. The first-order valence-electron chi connectivity index (χ1n) is 8.25. The summed E-state index contributed by atoms with van der Waals surface area (Å²) in [5.41, 5.74) is 1.52. The highest BCUT2D eigenvalue weighted by Crippen LogP contribution is 2.44. The third-order valence-electron chi connectivity index (χ3n) is 4.47. The van der Waals surface area contributed by atoms with Crippen molar-refractivity contribution in [1.29, 1.82) is 0 Å². The lowest BCUT2D eigenvalue weighted by molar-refractivity contribution is 0.0758. The Bertz CT molecular complexity index is 841. The van der Waals surface area contributed by atoms with Gasteiger partial charge >= 0.3 is 0 Å². The van der Waals surface area contributed by atoms with Crippen LogP contribution in [0.15, 0.2) is 36.4 Å². The molecule has 1 atom stereocenters. The monoisotopic (exact) mass is 373 g/mol. The van der Waals surface area contributed by atoms with Crippen molar-refractivity contribution < 1.29 is 23.7 Å². The van der Waals surface area contributed by atoms with Crippen LogP contribution in [0.25, 0.3) is 0 Å². The topological polar surface area (TPSA) is 57.2 Å². The fourth-order valence-electron chi connectivity index (χ4n) is 3.16. The molecule has 0 radical (unpaired) electrons. The molecule has 26 heavy (non-hydrogen) atoms. The standard InChI is InChI=1S/C19H19NO5S/c1-22-13-4-6-15(23-2)14(10-13)19-20(7-8-26-19)18(21)12-3-5-16-17(9-12)25-11-24-16/h3-6,9-10,19H,7-8,11H2,1-2H3. The Hall–Kier alpha value is -2.54. The average molecular weight is 373 g/mol. The minimum atomic E-state index is -0.127. The molecule has 0 aliphatic carbocycles. The van der Waals surface area contributed by atoms with Crippen LogP contribution in [0.2, 0.25) is 0 Å². The van der Waals surface area contributed by atoms with Crippen molar-refractivity contribution in [3.63, 3.8) is 0 Å². The van der Waals surface area contributed by atoms with Gasteiger partial charge < -0.3 is 23.8 Å². The quantitative estimate of drug-likeness (QED) is 0.820. The van der Waals surface area contributed by atoms with Crippen LogP contribution in [-0.2, 0) is 0 Å². The summed E-state index contributed by atoms with van der Waals surface area (Å²) in [6, 6.07) is 11.0. The number of carbonyl (C=O) groups is 1. The van der Waals surface area contributed by atoms with Gasteiger partial charge in [0.1, 0.15) is 16.9 Å². The molecule has 4 rings (SSSR count). The number of amides is 1. The number of hydrogen-bond donors (Lipinski definition) is 0. The van der Waals surface area contributed by atoms with E-state index in [9.17, 15) is 4.79 Å². The second-order valence-corrected chi connectivity index (χ2v) is 7.09. The number of rotatable bonds is 4. The molecule has 2 aromatic rings. The predicted molar refractivity (Wildman–Crippen MR) is 98.3 cm³/mol. The Kier molecular flexibility index (Phi) is 4.55. The van der Waals surface area contributed by atoms with Gasteiger partial charge in [-0.3, -0.25) is 4.79 Å². The average Bonchev–Trinajstić information content (AvgIpc) is 3.35. The van der Waals surface area contributed by atoms with E-state index in [-0.39, 0.29) is 18.1 Å². The molecule has 0 spiro atoms. The van der Waals surface area contributed by atoms with E-state index < -0.39 is 0 Å². The molecule has 7 heteroatoms. The summed E-state index contributed by atoms with van der Waals surface area (Å²) in [7, 11) is 3.26. The maximum Gasteiger partial charge on any atom is 0.255 e. The SMILES string of the molecule is COc1ccc(OC)c(C2SCCN2C(=O)c2ccc3c(c2)OCO3)c1. The number of fused-ring (bicyclic) bond motifs is 1. The Morgan fingerprint density at radius 3 is 2.77 bits per heavy atom. The van der Waals surface area contributed by atoms with Crippen molar-refractivity contribution in [3.05, 3.63) is 47.5 Å². The number of nitrogens with zero attached hydrogens (tertiary/aromatic N) is 1. The number of thioether (sulfide) groups is 1. The number of carbonyl (C=O) groups excluding carboxylic acids is 1. The first-order chi connectivity index (χ1) is 12.7. The van der Waals surface area contributed by atoms with E-state index in [1.165, 1.54) is 0 Å². The summed E-state index contributed by atoms with van der Waals surface area (Å²) in [6.45, 7) is 0.860. The molecule has 0 bridgehead atoms. The van der Waals surface area contributed by atoms with Gasteiger partial charge in [0.15, 0.2) is 11.5 Å². The van der Waals surface area contributed by atoms with Crippen molar-refractivity contribution >= 4 is 17.7 Å². The van der Waals surface area contributed by atoms with E-state index in [4.69, 9.17) is 18.9 Å². The first kappa shape index (κ1) is 16.9. The molecule has 1 unspecified atom stereocenters. The Morgan fingerprint density at radius 2 is 1.96 bits per heavy atom. The fraction of sp³-hybridized carbons (Fsp3) is 0.316. The highest BCUT2D eigenvalue weighted by molar-refractivity contribution is 7.99. The van der Waals surface area contributed by atoms with Crippen LogP contribution in [0.1, 0.15) is 21.3 Å². The lowest BCUT2D eigenvalue weighted by atomic mass is 10.1. The van der Waals surface area contributed by atoms with E-state index in [0.717, 1.165) is 22.8 Å². The largest absolute Gasteiger partial charge is 0.497 e. The molecule has 136 valence electrons. The maximum atomic E-state index is 13.1. The molecular formula is C19H19NO5S. The molecule has 0 aromatic heterocycles. The van der Waals surface area contributed by atoms with Gasteiger partial charge in [-0.15, -0.1) is 11.8 Å².